The second-order valence-electron chi connectivity index (χ2n) is 8.75. The topological polar surface area (TPSA) is 69.0 Å². The number of anilines is 1. The number of para-hydroxylation sites is 2. The summed E-state index contributed by atoms with van der Waals surface area (Å²) < 4.78 is 31.9. The molecule has 154 valence electrons. The highest BCUT2D eigenvalue weighted by molar-refractivity contribution is 6.28. The lowest BCUT2D eigenvalue weighted by Crippen LogP contribution is -2.60. The first-order valence-electron chi connectivity index (χ1n) is 9.80. The molecule has 4 aliphatic carbocycles. The third-order valence-corrected chi connectivity index (χ3v) is 6.99. The number of carbonyl (C=O) groups is 1. The molecule has 1 N–H and O–H groups in total. The van der Waals surface area contributed by atoms with Crippen molar-refractivity contribution in [2.24, 2.45) is 17.3 Å². The molecule has 4 fully saturated rings. The number of carbonyl (C=O) groups excluding carboxylic acids is 1. The maximum atomic E-state index is 13.5. The van der Waals surface area contributed by atoms with E-state index < -0.39 is 12.0 Å². The summed E-state index contributed by atoms with van der Waals surface area (Å²) in [5, 5.41) is 7.44. The number of halogens is 3. The smallest absolute Gasteiger partial charge is 0.387 e. The van der Waals surface area contributed by atoms with E-state index in [1.807, 2.05) is 4.68 Å². The van der Waals surface area contributed by atoms with Crippen LogP contribution in [0.5, 0.6) is 5.75 Å². The van der Waals surface area contributed by atoms with Crippen LogP contribution in [0.4, 0.5) is 14.5 Å². The molecule has 0 spiro atoms. The predicted molar refractivity (Wildman–Crippen MR) is 102 cm³/mol. The van der Waals surface area contributed by atoms with E-state index in [2.05, 4.69) is 20.1 Å². The van der Waals surface area contributed by atoms with E-state index in [0.29, 0.717) is 18.3 Å². The van der Waals surface area contributed by atoms with Crippen LogP contribution in [0.3, 0.4) is 0 Å². The van der Waals surface area contributed by atoms with Crippen molar-refractivity contribution in [2.45, 2.75) is 50.7 Å². The Kier molecular flexibility index (Phi) is 4.31. The summed E-state index contributed by atoms with van der Waals surface area (Å²) >= 11 is 5.97. The van der Waals surface area contributed by atoms with E-state index in [9.17, 15) is 13.6 Å². The van der Waals surface area contributed by atoms with Gasteiger partial charge in [-0.25, -0.2) is 9.67 Å². The molecule has 9 heteroatoms. The monoisotopic (exact) mass is 422 g/mol. The van der Waals surface area contributed by atoms with Crippen LogP contribution in [-0.2, 0) is 10.3 Å². The largest absolute Gasteiger partial charge is 0.433 e. The Morgan fingerprint density at radius 1 is 1.24 bits per heavy atom. The molecule has 4 saturated carbocycles. The standard InChI is InChI=1S/C20H21ClF2N4O2/c21-17-24-11-27(26-17)20-8-12-5-13(9-20)7-19(6-12,10-20)16(28)25-14-3-1-2-4-15(14)29-18(22)23/h1-4,11-13,18H,5-10H2,(H,25,28)/t12-,13-,19?,20?/m1/s1. The predicted octanol–water partition coefficient (Wildman–Crippen LogP) is 4.47. The first kappa shape index (κ1) is 18.8. The van der Waals surface area contributed by atoms with Crippen molar-refractivity contribution >= 4 is 23.2 Å². The van der Waals surface area contributed by atoms with Crippen LogP contribution in [0, 0.1) is 17.3 Å². The SMILES string of the molecule is O=C(Nc1ccccc1OC(F)F)C12C[C@H]3C[C@H](C1)CC(n1cnc(Cl)n1)(C3)C2. The van der Waals surface area contributed by atoms with Gasteiger partial charge in [-0.15, -0.1) is 5.10 Å². The van der Waals surface area contributed by atoms with Crippen LogP contribution >= 0.6 is 11.6 Å². The van der Waals surface area contributed by atoms with Gasteiger partial charge in [0, 0.05) is 0 Å². The van der Waals surface area contributed by atoms with Gasteiger partial charge in [0.15, 0.2) is 0 Å². The fourth-order valence-electron chi connectivity index (χ4n) is 6.24. The van der Waals surface area contributed by atoms with Gasteiger partial charge in [-0.1, -0.05) is 12.1 Å². The molecule has 0 aliphatic heterocycles. The van der Waals surface area contributed by atoms with E-state index in [4.69, 9.17) is 11.6 Å². The summed E-state index contributed by atoms with van der Waals surface area (Å²) in [4.78, 5) is 17.5. The highest BCUT2D eigenvalue weighted by Gasteiger charge is 2.61. The number of nitrogens with zero attached hydrogens (tertiary/aromatic N) is 3. The molecule has 1 aromatic carbocycles. The zero-order valence-corrected chi connectivity index (χ0v) is 16.4. The van der Waals surface area contributed by atoms with Gasteiger partial charge in [-0.2, -0.15) is 8.78 Å². The Balaban J connectivity index is 1.45. The normalized spacial score (nSPS) is 32.6. The molecule has 1 amide bonds. The Bertz CT molecular complexity index is 936. The van der Waals surface area contributed by atoms with Gasteiger partial charge in [-0.3, -0.25) is 4.79 Å². The Labute approximate surface area is 171 Å². The van der Waals surface area contributed by atoms with Crippen LogP contribution in [0.15, 0.2) is 30.6 Å². The third kappa shape index (κ3) is 3.17. The molecule has 1 aromatic heterocycles. The number of nitrogens with one attached hydrogen (secondary N) is 1. The second kappa shape index (κ2) is 6.65. The van der Waals surface area contributed by atoms with Crippen LogP contribution in [-0.4, -0.2) is 27.3 Å². The molecular formula is C20H21ClF2N4O2. The molecule has 4 bridgehead atoms. The van der Waals surface area contributed by atoms with Crippen molar-refractivity contribution in [1.29, 1.82) is 0 Å². The van der Waals surface area contributed by atoms with Gasteiger partial charge in [0.05, 0.1) is 16.6 Å². The van der Waals surface area contributed by atoms with E-state index >= 15 is 0 Å². The van der Waals surface area contributed by atoms with E-state index in [0.717, 1.165) is 32.1 Å². The fourth-order valence-corrected chi connectivity index (χ4v) is 6.37. The molecule has 6 nitrogen and oxygen atoms in total. The summed E-state index contributed by atoms with van der Waals surface area (Å²) in [7, 11) is 0. The average Bonchev–Trinajstić information content (AvgIpc) is 3.09. The van der Waals surface area contributed by atoms with Gasteiger partial charge in [0.25, 0.3) is 0 Å². The zero-order chi connectivity index (χ0) is 20.2. The van der Waals surface area contributed by atoms with Crippen LogP contribution in [0.25, 0.3) is 0 Å². The van der Waals surface area contributed by atoms with E-state index in [-0.39, 0.29) is 28.2 Å². The number of hydrogen-bond acceptors (Lipinski definition) is 4. The third-order valence-electron chi connectivity index (χ3n) is 6.81. The van der Waals surface area contributed by atoms with Crippen molar-refractivity contribution in [2.75, 3.05) is 5.32 Å². The van der Waals surface area contributed by atoms with Gasteiger partial charge < -0.3 is 10.1 Å². The van der Waals surface area contributed by atoms with Crippen molar-refractivity contribution in [3.05, 3.63) is 35.9 Å². The molecule has 0 radical (unpaired) electrons. The Morgan fingerprint density at radius 2 is 1.97 bits per heavy atom. The number of aromatic nitrogens is 3. The lowest BCUT2D eigenvalue weighted by molar-refractivity contribution is -0.150. The van der Waals surface area contributed by atoms with Gasteiger partial charge in [0.1, 0.15) is 12.1 Å². The highest BCUT2D eigenvalue weighted by Crippen LogP contribution is 2.64. The quantitative estimate of drug-likeness (QED) is 0.772. The summed E-state index contributed by atoms with van der Waals surface area (Å²) in [6.07, 6.45) is 6.95. The number of rotatable bonds is 5. The molecular weight excluding hydrogens is 402 g/mol. The molecule has 2 atom stereocenters. The molecule has 0 unspecified atom stereocenters. The van der Waals surface area contributed by atoms with Gasteiger partial charge in [-0.05, 0) is 74.1 Å². The van der Waals surface area contributed by atoms with E-state index in [1.165, 1.54) is 6.07 Å². The lowest BCUT2D eigenvalue weighted by Gasteiger charge is -2.60. The first-order valence-corrected chi connectivity index (χ1v) is 10.2. The average molecular weight is 423 g/mol. The first-order chi connectivity index (χ1) is 13.9. The number of benzene rings is 1. The number of alkyl halides is 2. The number of hydrogen-bond donors (Lipinski definition) is 1. The Hall–Kier alpha value is -2.22. The molecule has 4 aliphatic rings. The maximum absolute atomic E-state index is 13.5. The Morgan fingerprint density at radius 3 is 2.62 bits per heavy atom. The summed E-state index contributed by atoms with van der Waals surface area (Å²) in [6, 6.07) is 6.30. The minimum absolute atomic E-state index is 0.0293. The van der Waals surface area contributed by atoms with Crippen molar-refractivity contribution in [3.63, 3.8) is 0 Å². The molecule has 6 rings (SSSR count). The lowest BCUT2D eigenvalue weighted by atomic mass is 9.46. The van der Waals surface area contributed by atoms with Crippen LogP contribution < -0.4 is 10.1 Å². The zero-order valence-electron chi connectivity index (χ0n) is 15.7. The van der Waals surface area contributed by atoms with Crippen molar-refractivity contribution in [3.8, 4) is 5.75 Å². The van der Waals surface area contributed by atoms with Gasteiger partial charge in [0.2, 0.25) is 11.2 Å². The maximum Gasteiger partial charge on any atom is 0.387 e. The van der Waals surface area contributed by atoms with Crippen LogP contribution in [0.2, 0.25) is 5.28 Å². The minimum Gasteiger partial charge on any atom is -0.433 e. The minimum atomic E-state index is -2.95. The van der Waals surface area contributed by atoms with Crippen LogP contribution in [0.1, 0.15) is 38.5 Å². The van der Waals surface area contributed by atoms with Gasteiger partial charge >= 0.3 is 6.61 Å². The van der Waals surface area contributed by atoms with Crippen molar-refractivity contribution in [1.82, 2.24) is 14.8 Å². The molecule has 1 heterocycles. The summed E-state index contributed by atoms with van der Waals surface area (Å²) in [6.45, 7) is -2.95. The van der Waals surface area contributed by atoms with E-state index in [1.54, 1.807) is 24.5 Å². The highest BCUT2D eigenvalue weighted by atomic mass is 35.5. The summed E-state index contributed by atoms with van der Waals surface area (Å²) in [5.74, 6) is 0.695. The fraction of sp³-hybridized carbons (Fsp3) is 0.550. The second-order valence-corrected chi connectivity index (χ2v) is 9.09. The molecule has 2 aromatic rings. The number of amides is 1. The summed E-state index contributed by atoms with van der Waals surface area (Å²) in [5.41, 5.74) is -0.549. The molecule has 29 heavy (non-hydrogen) atoms. The number of ether oxygens (including phenoxy) is 1. The van der Waals surface area contributed by atoms with Crippen molar-refractivity contribution < 1.29 is 18.3 Å². The molecule has 0 saturated heterocycles.